The van der Waals surface area contributed by atoms with E-state index in [0.29, 0.717) is 24.7 Å². The molecule has 2 rings (SSSR count). The van der Waals surface area contributed by atoms with Crippen LogP contribution in [-0.2, 0) is 94.2 Å². The number of rotatable bonds is 22. The predicted molar refractivity (Wildman–Crippen MR) is 312 cm³/mol. The molecule has 2 heterocycles. The Balaban J connectivity index is -0.000000157. The third kappa shape index (κ3) is 51.7. The Bertz CT molecular complexity index is 1450. The first kappa shape index (κ1) is 89.9. The second-order valence-electron chi connectivity index (χ2n) is 17.2. The van der Waals surface area contributed by atoms with Gasteiger partial charge in [0.1, 0.15) is 19.8 Å². The van der Waals surface area contributed by atoms with Gasteiger partial charge in [-0.15, -0.1) is 0 Å². The fourth-order valence-electron chi connectivity index (χ4n) is 6.38. The summed E-state index contributed by atoms with van der Waals surface area (Å²) in [4.78, 5) is 48.9. The molecule has 0 aromatic carbocycles. The quantitative estimate of drug-likeness (QED) is 0.0174. The van der Waals surface area contributed by atoms with Crippen LogP contribution in [0.15, 0.2) is 0 Å². The van der Waals surface area contributed by atoms with E-state index >= 15 is 0 Å². The molecule has 12 atom stereocenters. The average molecular weight is 1340 g/mol. The number of nitrogens with one attached hydrogen (secondary N) is 2. The van der Waals surface area contributed by atoms with E-state index in [1.165, 1.54) is 27.7 Å². The van der Waals surface area contributed by atoms with Gasteiger partial charge in [-0.1, -0.05) is 78.0 Å². The fraction of sp³-hybridized carbons (Fsp3) is 0.811. The van der Waals surface area contributed by atoms with Gasteiger partial charge in [0.15, 0.2) is 12.6 Å². The van der Waals surface area contributed by atoms with Gasteiger partial charge < -0.3 is 90.3 Å². The van der Waals surface area contributed by atoms with E-state index in [1.54, 1.807) is 0 Å². The van der Waals surface area contributed by atoms with Gasteiger partial charge >= 0.3 is 44.9 Å². The molecule has 2 fully saturated rings. The molecule has 3 N–H and O–H groups in total. The monoisotopic (exact) mass is 1340 g/mol. The van der Waals surface area contributed by atoms with Crippen LogP contribution in [0.1, 0.15) is 144 Å². The Labute approximate surface area is 507 Å². The predicted octanol–water partition coefficient (Wildman–Crippen LogP) is 10.1. The zero-order chi connectivity index (χ0) is 60.2. The van der Waals surface area contributed by atoms with E-state index in [-0.39, 0.29) is 163 Å². The molecule has 0 aromatic rings. The Morgan fingerprint density at radius 1 is 0.740 bits per heavy atom. The topological polar surface area (TPSA) is 227 Å². The Morgan fingerprint density at radius 2 is 1.09 bits per heavy atom. The molecular formula is C53H104IN5Ni2O14P2. The Morgan fingerprint density at radius 3 is 1.36 bits per heavy atom. The number of aliphatic hydroxyl groups is 1. The molecule has 0 bridgehead atoms. The standard InChI is InChI=1S/C23H42N3O7P.C14H25NO6.C3H6NOP.4C3H7.CH3I.2Ni/c1-15(2)26(16(3)4)34(31-11-9-10-24)32-13-12-29-23-22(25-19(7)27)18(6)17(5)21(33-23)14-30-20(8)28;1-8-9(2)13(15-10(3)17)14(19-6-5-16)21-12(8)7-20-11(4)18;1-4-2-3-5-6;4*1-3-2;1-2;;/h15-18,21-23H,9,11-14H2,1-8H3,(H,25,27);8-9,12-14,16H,5-7H2,1-4H3,(H,15,17);2-3,6H2;4*1,3H2,2H3;1H3;;/q;;;4*-1;;2*+2/t17-,18+,21-,22-,23-,34?;8-,9+,12-,13-,14-;;;;;;;;/m11......../s1/i;;;;;;;1D;;. The number of alkyl halides is 1. The number of nitrogens with zero attached hydrogens (tertiary/aromatic N) is 3. The minimum atomic E-state index is -1.37. The molecule has 462 valence electrons. The van der Waals surface area contributed by atoms with Crippen molar-refractivity contribution in [2.75, 3.05) is 64.3 Å². The van der Waals surface area contributed by atoms with E-state index in [9.17, 15) is 19.2 Å². The summed E-state index contributed by atoms with van der Waals surface area (Å²) in [5.41, 5.74) is 0. The third-order valence-electron chi connectivity index (χ3n) is 9.73. The van der Waals surface area contributed by atoms with Gasteiger partial charge in [-0.05, 0) is 56.3 Å². The van der Waals surface area contributed by atoms with Crippen molar-refractivity contribution < 1.29 is 101 Å². The molecule has 2 amide bonds. The second-order valence-corrected chi connectivity index (χ2v) is 19.0. The number of carbonyl (C=O) groups is 4. The van der Waals surface area contributed by atoms with Gasteiger partial charge in [0.05, 0.1) is 69.8 Å². The summed E-state index contributed by atoms with van der Waals surface area (Å²) in [5, 5.41) is 23.5. The van der Waals surface area contributed by atoms with Crippen molar-refractivity contribution in [1.82, 2.24) is 15.3 Å². The number of carbonyl (C=O) groups excluding carboxylic acids is 4. The van der Waals surface area contributed by atoms with Crippen LogP contribution in [0.4, 0.5) is 0 Å². The molecule has 0 saturated carbocycles. The summed E-state index contributed by atoms with van der Waals surface area (Å²) in [7, 11) is 0.713. The molecular weight excluding hydrogens is 1240 g/mol. The van der Waals surface area contributed by atoms with Gasteiger partial charge in [-0.25, -0.2) is 11.2 Å². The van der Waals surface area contributed by atoms with Crippen LogP contribution in [-0.4, -0.2) is 147 Å². The molecule has 2 aliphatic heterocycles. The minimum absolute atomic E-state index is 0. The summed E-state index contributed by atoms with van der Waals surface area (Å²) in [5.74, 6) is -0.846. The van der Waals surface area contributed by atoms with Crippen LogP contribution in [0, 0.1) is 69.3 Å². The fourth-order valence-corrected chi connectivity index (χ4v) is 8.06. The zero-order valence-electron chi connectivity index (χ0n) is 50.5. The van der Waals surface area contributed by atoms with Crippen molar-refractivity contribution >= 4 is 64.3 Å². The smallest absolute Gasteiger partial charge is 0.463 e. The van der Waals surface area contributed by atoms with E-state index < -0.39 is 21.1 Å². The number of ether oxygens (including phenoxy) is 6. The van der Waals surface area contributed by atoms with Crippen molar-refractivity contribution in [2.24, 2.45) is 23.7 Å². The molecule has 0 aliphatic carbocycles. The van der Waals surface area contributed by atoms with Crippen molar-refractivity contribution in [3.05, 3.63) is 39.1 Å². The molecule has 19 nitrogen and oxygen atoms in total. The molecule has 0 aromatic heterocycles. The molecule has 2 saturated heterocycles. The number of esters is 2. The molecule has 24 heteroatoms. The van der Waals surface area contributed by atoms with Crippen LogP contribution in [0.25, 0.3) is 4.85 Å². The molecule has 2 unspecified atom stereocenters. The number of nitriles is 1. The molecule has 0 radical (unpaired) electrons. The Hall–Kier alpha value is -0.923. The van der Waals surface area contributed by atoms with Crippen LogP contribution < -0.4 is 10.6 Å². The van der Waals surface area contributed by atoms with Crippen molar-refractivity contribution in [3.8, 4) is 6.07 Å². The first-order valence-corrected chi connectivity index (χ1v) is 28.8. The summed E-state index contributed by atoms with van der Waals surface area (Å²) < 4.78 is 58.3. The van der Waals surface area contributed by atoms with Crippen molar-refractivity contribution in [1.29, 1.82) is 5.26 Å². The molecule has 77 heavy (non-hydrogen) atoms. The van der Waals surface area contributed by atoms with Crippen LogP contribution in [0.3, 0.4) is 0 Å². The number of aliphatic hydroxyl groups excluding tert-OH is 1. The number of hydrogen-bond acceptors (Lipinski definition) is 16. The largest absolute Gasteiger partial charge is 2.00 e. The van der Waals surface area contributed by atoms with Gasteiger partial charge in [0.2, 0.25) is 18.4 Å². The first-order chi connectivity index (χ1) is 35.8. The normalized spacial score (nSPS) is 22.1. The number of hydrogen-bond donors (Lipinski definition) is 3. The maximum absolute atomic E-state index is 11.8. The summed E-state index contributed by atoms with van der Waals surface area (Å²) in [6.07, 6.45) is 2.25. The van der Waals surface area contributed by atoms with E-state index in [2.05, 4.69) is 95.6 Å². The van der Waals surface area contributed by atoms with E-state index in [1.807, 2.05) is 78.0 Å². The number of halogens is 1. The zero-order valence-corrected chi connectivity index (χ0v) is 55.7. The summed E-state index contributed by atoms with van der Waals surface area (Å²) in [6, 6.07) is 1.82. The van der Waals surface area contributed by atoms with E-state index in [4.69, 9.17) is 55.8 Å². The van der Waals surface area contributed by atoms with Gasteiger partial charge in [0.25, 0.3) is 8.53 Å². The van der Waals surface area contributed by atoms with Gasteiger partial charge in [-0.2, -0.15) is 30.9 Å². The van der Waals surface area contributed by atoms with E-state index in [0.717, 1.165) is 25.7 Å². The molecule has 0 spiro atoms. The average Bonchev–Trinajstić information content (AvgIpc) is 3.33. The van der Waals surface area contributed by atoms with Crippen molar-refractivity contribution in [3.63, 3.8) is 0 Å². The van der Waals surface area contributed by atoms with Crippen LogP contribution in [0.2, 0.25) is 0 Å². The molecule has 2 aliphatic rings. The Kier molecular flexibility index (Phi) is 75.0. The maximum Gasteiger partial charge on any atom is 2.00 e. The van der Waals surface area contributed by atoms with Gasteiger partial charge in [-0.3, -0.25) is 19.2 Å². The summed E-state index contributed by atoms with van der Waals surface area (Å²) in [6.45, 7) is 52.1. The van der Waals surface area contributed by atoms with Crippen molar-refractivity contribution in [2.45, 2.75) is 192 Å². The second kappa shape index (κ2) is 64.2. The van der Waals surface area contributed by atoms with Crippen LogP contribution >= 0.6 is 40.6 Å². The first-order valence-electron chi connectivity index (χ1n) is 26.4. The number of amides is 2. The minimum Gasteiger partial charge on any atom is -0.463 e. The van der Waals surface area contributed by atoms with Crippen LogP contribution in [0.5, 0.6) is 0 Å². The SMILES string of the molecule is CC(=O)N[C@H]1[C@H](OCCO)O[C@H](COC(C)=O)[C@H](C)[C@@H]1C.CC(=O)N[C@H]1[C@H](OCCOP(OCCC#N)N(C(C)C)C(C)C)O[C@H](COC(C)=O)[C@H](C)[C@@H]1C.[2H]CI.[C-]#[N+]CCOP.[CH2-]CC.[CH2-]CC.[CH2-]CC.[CH2-]CC.[Ni+2].[Ni+2]. The maximum atomic E-state index is 11.8. The summed E-state index contributed by atoms with van der Waals surface area (Å²) >= 11 is 1.96. The third-order valence-corrected chi connectivity index (χ3v) is 12.1. The van der Waals surface area contributed by atoms with Gasteiger partial charge in [0, 0.05) is 50.6 Å².